The van der Waals surface area contributed by atoms with Crippen molar-refractivity contribution in [2.75, 3.05) is 12.4 Å². The molecule has 1 unspecified atom stereocenters. The minimum atomic E-state index is -0.630. The van der Waals surface area contributed by atoms with E-state index in [-0.39, 0.29) is 16.5 Å². The smallest absolute Gasteiger partial charge is 0.328 e. The number of hydrogen-bond donors (Lipinski definition) is 1. The second-order valence-electron chi connectivity index (χ2n) is 2.93. The van der Waals surface area contributed by atoms with Crippen LogP contribution in [0.2, 0.25) is 5.15 Å². The minimum absolute atomic E-state index is 0.0320. The molecule has 0 aliphatic heterocycles. The fourth-order valence-corrected chi connectivity index (χ4v) is 1.21. The zero-order valence-electron chi connectivity index (χ0n) is 8.73. The van der Waals surface area contributed by atoms with Crippen molar-refractivity contribution in [2.45, 2.75) is 13.0 Å². The van der Waals surface area contributed by atoms with E-state index in [2.05, 4.69) is 20.0 Å². The summed E-state index contributed by atoms with van der Waals surface area (Å²) in [4.78, 5) is 29.4. The fourth-order valence-electron chi connectivity index (χ4n) is 1.03. The van der Waals surface area contributed by atoms with Crippen LogP contribution in [-0.2, 0) is 9.53 Å². The molecule has 0 aliphatic rings. The van der Waals surface area contributed by atoms with Gasteiger partial charge < -0.3 is 10.1 Å². The number of rotatable bonds is 4. The van der Waals surface area contributed by atoms with E-state index in [4.69, 9.17) is 11.6 Å². The van der Waals surface area contributed by atoms with Gasteiger partial charge in [-0.15, -0.1) is 0 Å². The second kappa shape index (κ2) is 5.41. The van der Waals surface area contributed by atoms with Crippen LogP contribution in [0.4, 0.5) is 5.82 Å². The molecule has 1 aromatic rings. The first-order valence-electron chi connectivity index (χ1n) is 4.40. The summed E-state index contributed by atoms with van der Waals surface area (Å²) in [5.41, 5.74) is 0.111. The van der Waals surface area contributed by atoms with Gasteiger partial charge in [0.1, 0.15) is 23.3 Å². The first-order chi connectivity index (χ1) is 7.60. The predicted molar refractivity (Wildman–Crippen MR) is 57.5 cm³/mol. The highest BCUT2D eigenvalue weighted by Crippen LogP contribution is 2.17. The van der Waals surface area contributed by atoms with E-state index in [0.717, 1.165) is 0 Å². The summed E-state index contributed by atoms with van der Waals surface area (Å²) in [6.45, 7) is 1.58. The molecular formula is C9H10ClN3O3. The number of nitrogens with zero attached hydrogens (tertiary/aromatic N) is 2. The van der Waals surface area contributed by atoms with Gasteiger partial charge >= 0.3 is 5.97 Å². The Kier molecular flexibility index (Phi) is 4.19. The van der Waals surface area contributed by atoms with E-state index in [1.165, 1.54) is 13.4 Å². The average molecular weight is 244 g/mol. The number of methoxy groups -OCH3 is 1. The monoisotopic (exact) mass is 243 g/mol. The number of hydrogen-bond acceptors (Lipinski definition) is 6. The quantitative estimate of drug-likeness (QED) is 0.481. The number of esters is 1. The van der Waals surface area contributed by atoms with Crippen molar-refractivity contribution >= 4 is 29.7 Å². The van der Waals surface area contributed by atoms with E-state index in [1.54, 1.807) is 6.92 Å². The van der Waals surface area contributed by atoms with Gasteiger partial charge in [-0.1, -0.05) is 11.6 Å². The third kappa shape index (κ3) is 2.66. The van der Waals surface area contributed by atoms with E-state index in [1.807, 2.05) is 0 Å². The van der Waals surface area contributed by atoms with Gasteiger partial charge in [-0.3, -0.25) is 4.79 Å². The highest BCUT2D eigenvalue weighted by Gasteiger charge is 2.16. The topological polar surface area (TPSA) is 81.2 Å². The van der Waals surface area contributed by atoms with Crippen molar-refractivity contribution < 1.29 is 14.3 Å². The Balaban J connectivity index is 2.93. The number of carbonyl (C=O) groups excluding carboxylic acids is 2. The molecule has 1 rings (SSSR count). The molecule has 0 aromatic carbocycles. The van der Waals surface area contributed by atoms with Gasteiger partial charge in [-0.2, -0.15) is 0 Å². The Hall–Kier alpha value is -1.69. The number of ether oxygens (including phenoxy) is 1. The van der Waals surface area contributed by atoms with Crippen molar-refractivity contribution in [1.82, 2.24) is 9.97 Å². The molecule has 1 N–H and O–H groups in total. The Morgan fingerprint density at radius 3 is 2.88 bits per heavy atom. The van der Waals surface area contributed by atoms with Crippen LogP contribution in [0.15, 0.2) is 6.33 Å². The lowest BCUT2D eigenvalue weighted by molar-refractivity contribution is -0.141. The lowest BCUT2D eigenvalue weighted by atomic mass is 10.3. The van der Waals surface area contributed by atoms with Gasteiger partial charge in [0.05, 0.1) is 12.7 Å². The lowest BCUT2D eigenvalue weighted by Crippen LogP contribution is -2.28. The second-order valence-corrected chi connectivity index (χ2v) is 3.29. The van der Waals surface area contributed by atoms with Crippen LogP contribution in [-0.4, -0.2) is 35.4 Å². The highest BCUT2D eigenvalue weighted by atomic mass is 35.5. The van der Waals surface area contributed by atoms with Crippen LogP contribution in [0.25, 0.3) is 0 Å². The van der Waals surface area contributed by atoms with Gasteiger partial charge in [0.15, 0.2) is 6.29 Å². The van der Waals surface area contributed by atoms with Crippen molar-refractivity contribution in [2.24, 2.45) is 0 Å². The molecule has 16 heavy (non-hydrogen) atoms. The molecule has 6 nitrogen and oxygen atoms in total. The molecule has 0 aliphatic carbocycles. The summed E-state index contributed by atoms with van der Waals surface area (Å²) in [6, 6.07) is -0.630. The maximum Gasteiger partial charge on any atom is 0.328 e. The Morgan fingerprint density at radius 1 is 1.62 bits per heavy atom. The normalized spacial score (nSPS) is 11.7. The van der Waals surface area contributed by atoms with Gasteiger partial charge in [0.2, 0.25) is 0 Å². The summed E-state index contributed by atoms with van der Waals surface area (Å²) >= 11 is 5.69. The summed E-state index contributed by atoms with van der Waals surface area (Å²) in [5, 5.41) is 2.74. The third-order valence-electron chi connectivity index (χ3n) is 1.86. The molecule has 0 saturated carbocycles. The molecule has 0 bridgehead atoms. The fraction of sp³-hybridized carbons (Fsp3) is 0.333. The molecule has 0 spiro atoms. The third-order valence-corrected chi connectivity index (χ3v) is 2.16. The Morgan fingerprint density at radius 2 is 2.31 bits per heavy atom. The van der Waals surface area contributed by atoms with E-state index in [9.17, 15) is 9.59 Å². The van der Waals surface area contributed by atoms with Crippen molar-refractivity contribution in [3.05, 3.63) is 17.0 Å². The predicted octanol–water partition coefficient (Wildman–Crippen LogP) is 0.916. The van der Waals surface area contributed by atoms with Gasteiger partial charge in [-0.25, -0.2) is 14.8 Å². The van der Waals surface area contributed by atoms with E-state index < -0.39 is 12.0 Å². The molecule has 0 radical (unpaired) electrons. The molecule has 0 fully saturated rings. The maximum absolute atomic E-state index is 11.2. The number of aromatic nitrogens is 2. The van der Waals surface area contributed by atoms with Crippen molar-refractivity contribution in [3.63, 3.8) is 0 Å². The maximum atomic E-state index is 11.2. The number of carbonyl (C=O) groups is 2. The zero-order chi connectivity index (χ0) is 12.1. The highest BCUT2D eigenvalue weighted by molar-refractivity contribution is 6.32. The van der Waals surface area contributed by atoms with Gasteiger partial charge in [0, 0.05) is 0 Å². The summed E-state index contributed by atoms with van der Waals surface area (Å²) in [6.07, 6.45) is 1.72. The molecular weight excluding hydrogens is 234 g/mol. The number of aldehydes is 1. The van der Waals surface area contributed by atoms with E-state index in [0.29, 0.717) is 6.29 Å². The average Bonchev–Trinajstić information content (AvgIpc) is 2.28. The lowest BCUT2D eigenvalue weighted by Gasteiger charge is -2.13. The van der Waals surface area contributed by atoms with Crippen LogP contribution >= 0.6 is 11.6 Å². The number of nitrogens with one attached hydrogen (secondary N) is 1. The van der Waals surface area contributed by atoms with E-state index >= 15 is 0 Å². The molecule has 1 heterocycles. The summed E-state index contributed by atoms with van der Waals surface area (Å²) in [5.74, 6) is -0.264. The molecule has 7 heteroatoms. The first-order valence-corrected chi connectivity index (χ1v) is 4.78. The Bertz CT molecular complexity index is 411. The van der Waals surface area contributed by atoms with Gasteiger partial charge in [0.25, 0.3) is 0 Å². The van der Waals surface area contributed by atoms with Crippen LogP contribution in [0.1, 0.15) is 17.3 Å². The number of anilines is 1. The van der Waals surface area contributed by atoms with Crippen molar-refractivity contribution in [3.8, 4) is 0 Å². The first kappa shape index (κ1) is 12.4. The van der Waals surface area contributed by atoms with Crippen molar-refractivity contribution in [1.29, 1.82) is 0 Å². The summed E-state index contributed by atoms with van der Waals surface area (Å²) < 4.78 is 4.52. The van der Waals surface area contributed by atoms with Crippen LogP contribution < -0.4 is 5.32 Å². The molecule has 0 saturated heterocycles. The largest absolute Gasteiger partial charge is 0.467 e. The summed E-state index contributed by atoms with van der Waals surface area (Å²) in [7, 11) is 1.27. The molecule has 0 amide bonds. The standard InChI is InChI=1S/C9H10ClN3O3/c1-5(9(15)16-2)13-8-6(3-14)7(10)11-4-12-8/h3-5H,1-2H3,(H,11,12,13). The Labute approximate surface area is 97.0 Å². The molecule has 1 atom stereocenters. The SMILES string of the molecule is COC(=O)C(C)Nc1ncnc(Cl)c1C=O. The minimum Gasteiger partial charge on any atom is -0.467 e. The van der Waals surface area contributed by atoms with Crippen LogP contribution in [0.3, 0.4) is 0 Å². The number of halogens is 1. The van der Waals surface area contributed by atoms with Gasteiger partial charge in [-0.05, 0) is 6.92 Å². The van der Waals surface area contributed by atoms with Crippen LogP contribution in [0, 0.1) is 0 Å². The van der Waals surface area contributed by atoms with Crippen LogP contribution in [0.5, 0.6) is 0 Å². The molecule has 86 valence electrons. The molecule has 1 aromatic heterocycles. The zero-order valence-corrected chi connectivity index (χ0v) is 9.49.